The molecule has 0 aromatic heterocycles. The van der Waals surface area contributed by atoms with Gasteiger partial charge in [0.2, 0.25) is 0 Å². The van der Waals surface area contributed by atoms with Crippen molar-refractivity contribution in [3.05, 3.63) is 59.1 Å². The summed E-state index contributed by atoms with van der Waals surface area (Å²) < 4.78 is 4.96. The van der Waals surface area contributed by atoms with E-state index in [9.17, 15) is 9.59 Å². The highest BCUT2D eigenvalue weighted by Gasteiger charge is 2.33. The molecule has 2 aliphatic heterocycles. The molecule has 0 spiro atoms. The van der Waals surface area contributed by atoms with Crippen LogP contribution in [0.2, 0.25) is 5.02 Å². The topological polar surface area (TPSA) is 61.9 Å². The van der Waals surface area contributed by atoms with Gasteiger partial charge >= 0.3 is 12.1 Å². The molecule has 0 bridgehead atoms. The number of cyclic esters (lactones) is 1. The number of hydrogen-bond acceptors (Lipinski definition) is 3. The number of amides is 3. The van der Waals surface area contributed by atoms with Gasteiger partial charge in [0.15, 0.2) is 0 Å². The predicted molar refractivity (Wildman–Crippen MR) is 99.7 cm³/mol. The fourth-order valence-corrected chi connectivity index (χ4v) is 3.36. The van der Waals surface area contributed by atoms with E-state index in [1.54, 1.807) is 21.9 Å². The number of likely N-dealkylation sites (tertiary alicyclic amines) is 1. The number of carbonyl (C=O) groups excluding carboxylic acids is 2. The largest absolute Gasteiger partial charge is 0.447 e. The van der Waals surface area contributed by atoms with E-state index >= 15 is 0 Å². The molecular formula is C19H18ClN3O3. The van der Waals surface area contributed by atoms with Crippen molar-refractivity contribution < 1.29 is 14.3 Å². The quantitative estimate of drug-likeness (QED) is 0.876. The Balaban J connectivity index is 1.45. The Hall–Kier alpha value is -2.73. The van der Waals surface area contributed by atoms with Gasteiger partial charge in [-0.3, -0.25) is 4.90 Å². The Kier molecular flexibility index (Phi) is 4.42. The lowest BCUT2D eigenvalue weighted by atomic mass is 9.95. The fraction of sp³-hybridized carbons (Fsp3) is 0.263. The monoisotopic (exact) mass is 371 g/mol. The van der Waals surface area contributed by atoms with Gasteiger partial charge in [0, 0.05) is 22.9 Å². The number of urea groups is 1. The number of ether oxygens (including phenoxy) is 1. The Labute approximate surface area is 156 Å². The van der Waals surface area contributed by atoms with Crippen LogP contribution < -0.4 is 10.2 Å². The summed E-state index contributed by atoms with van der Waals surface area (Å²) in [5.41, 5.74) is 2.43. The number of anilines is 2. The minimum atomic E-state index is -0.362. The molecule has 2 aromatic rings. The maximum atomic E-state index is 12.6. The van der Waals surface area contributed by atoms with E-state index in [4.69, 9.17) is 16.3 Å². The first kappa shape index (κ1) is 16.7. The molecule has 2 aliphatic rings. The lowest BCUT2D eigenvalue weighted by molar-refractivity contribution is 0.126. The Morgan fingerprint density at radius 2 is 1.96 bits per heavy atom. The number of benzene rings is 2. The lowest BCUT2D eigenvalue weighted by Crippen LogP contribution is -2.47. The molecule has 1 N–H and O–H groups in total. The average Bonchev–Trinajstić information content (AvgIpc) is 3.02. The molecule has 6 nitrogen and oxygen atoms in total. The maximum absolute atomic E-state index is 12.6. The van der Waals surface area contributed by atoms with E-state index in [1.165, 1.54) is 0 Å². The molecule has 4 rings (SSSR count). The molecule has 3 amide bonds. The summed E-state index contributed by atoms with van der Waals surface area (Å²) in [6.07, 6.45) is 0.563. The van der Waals surface area contributed by atoms with Crippen LogP contribution in [0, 0.1) is 0 Å². The van der Waals surface area contributed by atoms with Crippen LogP contribution in [-0.4, -0.2) is 36.7 Å². The van der Waals surface area contributed by atoms with Crippen molar-refractivity contribution in [2.45, 2.75) is 12.5 Å². The van der Waals surface area contributed by atoms with Crippen LogP contribution in [-0.2, 0) is 4.74 Å². The summed E-state index contributed by atoms with van der Waals surface area (Å²) in [6.45, 7) is 1.60. The molecule has 134 valence electrons. The molecule has 26 heavy (non-hydrogen) atoms. The van der Waals surface area contributed by atoms with Gasteiger partial charge in [0.05, 0.1) is 12.6 Å². The molecule has 2 heterocycles. The number of carbonyl (C=O) groups is 2. The zero-order valence-corrected chi connectivity index (χ0v) is 14.8. The van der Waals surface area contributed by atoms with Gasteiger partial charge in [-0.1, -0.05) is 29.8 Å². The number of hydrogen-bond donors (Lipinski definition) is 1. The molecule has 1 atom stereocenters. The molecule has 7 heteroatoms. The molecular weight excluding hydrogens is 354 g/mol. The van der Waals surface area contributed by atoms with Crippen molar-refractivity contribution in [1.82, 2.24) is 4.90 Å². The number of nitrogens with one attached hydrogen (secondary N) is 1. The van der Waals surface area contributed by atoms with Crippen LogP contribution >= 0.6 is 11.6 Å². The molecule has 2 saturated heterocycles. The minimum absolute atomic E-state index is 0.0593. The Morgan fingerprint density at radius 1 is 1.15 bits per heavy atom. The van der Waals surface area contributed by atoms with Gasteiger partial charge in [-0.15, -0.1) is 0 Å². The van der Waals surface area contributed by atoms with Crippen LogP contribution in [0.15, 0.2) is 48.5 Å². The summed E-state index contributed by atoms with van der Waals surface area (Å²) in [7, 11) is 0. The number of halogens is 1. The highest BCUT2D eigenvalue weighted by molar-refractivity contribution is 6.30. The second-order valence-electron chi connectivity index (χ2n) is 6.30. The van der Waals surface area contributed by atoms with E-state index in [2.05, 4.69) is 5.32 Å². The van der Waals surface area contributed by atoms with Crippen molar-refractivity contribution in [3.8, 4) is 0 Å². The standard InChI is InChI=1S/C19H18ClN3O3/c20-14-6-4-13(5-7-14)17-8-9-23(17)18(24)21-15-2-1-3-16(12-15)22-10-11-26-19(22)25/h1-7,12,17H,8-11H2,(H,21,24)/t17-/m0/s1. The summed E-state index contributed by atoms with van der Waals surface area (Å²) in [4.78, 5) is 27.7. The first-order chi connectivity index (χ1) is 12.6. The van der Waals surface area contributed by atoms with E-state index in [0.717, 1.165) is 12.0 Å². The third kappa shape index (κ3) is 3.20. The van der Waals surface area contributed by atoms with Crippen molar-refractivity contribution in [1.29, 1.82) is 0 Å². The second kappa shape index (κ2) is 6.88. The summed E-state index contributed by atoms with van der Waals surface area (Å²) >= 11 is 5.93. The van der Waals surface area contributed by atoms with Crippen LogP contribution in [0.1, 0.15) is 18.0 Å². The van der Waals surface area contributed by atoms with E-state index in [1.807, 2.05) is 36.4 Å². The first-order valence-corrected chi connectivity index (χ1v) is 8.87. The summed E-state index contributed by atoms with van der Waals surface area (Å²) in [5, 5.41) is 3.60. The van der Waals surface area contributed by atoms with E-state index < -0.39 is 0 Å². The van der Waals surface area contributed by atoms with Crippen LogP contribution in [0.25, 0.3) is 0 Å². The minimum Gasteiger partial charge on any atom is -0.447 e. The van der Waals surface area contributed by atoms with E-state index in [0.29, 0.717) is 36.1 Å². The first-order valence-electron chi connectivity index (χ1n) is 8.49. The van der Waals surface area contributed by atoms with Gasteiger partial charge in [0.1, 0.15) is 6.61 Å². The van der Waals surface area contributed by atoms with Crippen molar-refractivity contribution >= 4 is 35.1 Å². The fourth-order valence-electron chi connectivity index (χ4n) is 3.24. The third-order valence-electron chi connectivity index (χ3n) is 4.71. The number of rotatable bonds is 3. The Bertz CT molecular complexity index is 840. The summed E-state index contributed by atoms with van der Waals surface area (Å²) in [6, 6.07) is 14.7. The Morgan fingerprint density at radius 3 is 2.62 bits per heavy atom. The average molecular weight is 372 g/mol. The highest BCUT2D eigenvalue weighted by atomic mass is 35.5. The third-order valence-corrected chi connectivity index (χ3v) is 4.96. The summed E-state index contributed by atoms with van der Waals surface area (Å²) in [5.74, 6) is 0. The SMILES string of the molecule is O=C1OCCN1c1cccc(NC(=O)N2CC[C@H]2c2ccc(Cl)cc2)c1. The van der Waals surface area contributed by atoms with Crippen LogP contribution in [0.4, 0.5) is 21.0 Å². The smallest absolute Gasteiger partial charge is 0.414 e. The van der Waals surface area contributed by atoms with Gasteiger partial charge in [-0.05, 0) is 42.3 Å². The molecule has 2 fully saturated rings. The predicted octanol–water partition coefficient (Wildman–Crippen LogP) is 4.28. The van der Waals surface area contributed by atoms with Crippen LogP contribution in [0.3, 0.4) is 0 Å². The maximum Gasteiger partial charge on any atom is 0.414 e. The number of nitrogens with zero attached hydrogens (tertiary/aromatic N) is 2. The van der Waals surface area contributed by atoms with Crippen molar-refractivity contribution in [2.75, 3.05) is 29.9 Å². The zero-order chi connectivity index (χ0) is 18.1. The molecule has 0 radical (unpaired) electrons. The normalized spacial score (nSPS) is 19.1. The molecule has 0 unspecified atom stereocenters. The van der Waals surface area contributed by atoms with Gasteiger partial charge in [-0.2, -0.15) is 0 Å². The van der Waals surface area contributed by atoms with E-state index in [-0.39, 0.29) is 18.2 Å². The highest BCUT2D eigenvalue weighted by Crippen LogP contribution is 2.34. The van der Waals surface area contributed by atoms with Crippen molar-refractivity contribution in [2.24, 2.45) is 0 Å². The van der Waals surface area contributed by atoms with Gasteiger partial charge in [-0.25, -0.2) is 9.59 Å². The molecule has 0 saturated carbocycles. The van der Waals surface area contributed by atoms with Gasteiger partial charge in [0.25, 0.3) is 0 Å². The van der Waals surface area contributed by atoms with Crippen molar-refractivity contribution in [3.63, 3.8) is 0 Å². The molecule has 0 aliphatic carbocycles. The zero-order valence-electron chi connectivity index (χ0n) is 14.0. The second-order valence-corrected chi connectivity index (χ2v) is 6.73. The molecule has 2 aromatic carbocycles. The lowest BCUT2D eigenvalue weighted by Gasteiger charge is -2.41. The van der Waals surface area contributed by atoms with Crippen LogP contribution in [0.5, 0.6) is 0 Å². The van der Waals surface area contributed by atoms with Gasteiger partial charge < -0.3 is 15.0 Å².